The fraction of sp³-hybridized carbons (Fsp3) is 0.909. The first-order valence-electron chi connectivity index (χ1n) is 24.1. The largest absolute Gasteiger partial charge is 0.330 e. The molecule has 0 rings (SSSR count). The maximum Gasteiger partial charge on any atom is 0.330 e. The summed E-state index contributed by atoms with van der Waals surface area (Å²) in [6.45, 7) is 0.791. The average Bonchev–Trinajstić information content (AvgIpc) is 3.24. The summed E-state index contributed by atoms with van der Waals surface area (Å²) < 4.78 is 125. The molecule has 0 heterocycles. The zero-order chi connectivity index (χ0) is 47.9. The smallest absolute Gasteiger partial charge is 0.215 e. The molecule has 0 saturated heterocycles. The summed E-state index contributed by atoms with van der Waals surface area (Å²) in [5.74, 6) is 0. The minimum absolute atomic E-state index is 0.0494. The van der Waals surface area contributed by atoms with Crippen LogP contribution >= 0.6 is 0 Å². The summed E-state index contributed by atoms with van der Waals surface area (Å²) >= 11 is 0. The Labute approximate surface area is 389 Å². The number of unbranched alkanes of at least 4 members (excludes halogenated alkanes) is 27. The summed E-state index contributed by atoms with van der Waals surface area (Å²) in [4.78, 5) is 0. The summed E-state index contributed by atoms with van der Waals surface area (Å²) in [6.07, 6.45) is 18.6. The lowest BCUT2D eigenvalue weighted by Crippen LogP contribution is -2.71. The van der Waals surface area contributed by atoms with Gasteiger partial charge in [-0.2, -0.15) is 21.0 Å². The van der Waals surface area contributed by atoms with E-state index in [4.69, 9.17) is 21.0 Å². The van der Waals surface area contributed by atoms with Crippen LogP contribution in [0.25, 0.3) is 0 Å². The number of nitrogens with zero attached hydrogens (tertiary/aromatic N) is 4. The number of nitriles is 4. The van der Waals surface area contributed by atoms with Gasteiger partial charge in [0, 0.05) is 51.9 Å². The van der Waals surface area contributed by atoms with Crippen molar-refractivity contribution in [3.63, 3.8) is 0 Å². The van der Waals surface area contributed by atoms with Crippen LogP contribution in [0.3, 0.4) is 0 Å². The van der Waals surface area contributed by atoms with Crippen molar-refractivity contribution < 1.29 is 33.7 Å². The monoisotopic (exact) mass is 979 g/mol. The molecule has 20 heteroatoms. The lowest BCUT2D eigenvalue weighted by Gasteiger charge is -2.38. The first kappa shape index (κ1) is 61.6. The number of sulfonamides is 4. The fourth-order valence-electron chi connectivity index (χ4n) is 7.61. The Balaban J connectivity index is 7.14. The van der Waals surface area contributed by atoms with Crippen LogP contribution in [0.4, 0.5) is 0 Å². The van der Waals surface area contributed by atoms with Crippen LogP contribution in [0, 0.1) is 45.3 Å². The van der Waals surface area contributed by atoms with Gasteiger partial charge in [0.15, 0.2) is 0 Å². The summed E-state index contributed by atoms with van der Waals surface area (Å²) in [6, 6.07) is 8.41. The van der Waals surface area contributed by atoms with E-state index in [1.807, 2.05) is 6.92 Å². The van der Waals surface area contributed by atoms with Crippen molar-refractivity contribution in [3.05, 3.63) is 0 Å². The van der Waals surface area contributed by atoms with Gasteiger partial charge < -0.3 is 0 Å². The van der Waals surface area contributed by atoms with E-state index in [0.717, 1.165) is 89.9 Å². The van der Waals surface area contributed by atoms with Crippen molar-refractivity contribution in [2.75, 3.05) is 26.2 Å². The number of hydrogen-bond acceptors (Lipinski definition) is 12. The van der Waals surface area contributed by atoms with E-state index in [2.05, 4.69) is 43.2 Å². The van der Waals surface area contributed by atoms with E-state index in [1.54, 1.807) is 0 Å². The molecular formula is C44H82N8O8S4. The third-order valence-corrected chi connectivity index (χ3v) is 22.4. The Morgan fingerprint density at radius 3 is 0.891 bits per heavy atom. The molecule has 0 radical (unpaired) electrons. The molecule has 0 aliphatic heterocycles. The zero-order valence-electron chi connectivity index (χ0n) is 38.9. The standard InChI is InChI=1S/C44H82N8O8S4/c1-2-3-4-25-34-43(61(53,54)49-39-30-21-13-5-9-17-26-35-45)44(62(55,56)50-40-31-22-14-6-10-18-27-36-46,63(57,58)51-41-32-23-15-7-11-19-28-37-47)64(59,60)52-42-33-24-16-8-12-20-29-38-48/h43,49-52H,2-34,39-42H2,1H3. The molecule has 0 bridgehead atoms. The maximum absolute atomic E-state index is 15.0. The van der Waals surface area contributed by atoms with Gasteiger partial charge in [0.25, 0.3) is 30.1 Å². The van der Waals surface area contributed by atoms with Crippen LogP contribution in [-0.4, -0.2) is 68.5 Å². The average molecular weight is 979 g/mol. The van der Waals surface area contributed by atoms with Gasteiger partial charge in [0.1, 0.15) is 5.25 Å². The zero-order valence-corrected chi connectivity index (χ0v) is 42.2. The van der Waals surface area contributed by atoms with Crippen molar-refractivity contribution in [1.82, 2.24) is 18.9 Å². The van der Waals surface area contributed by atoms with E-state index in [0.29, 0.717) is 89.9 Å². The fourth-order valence-corrected chi connectivity index (χ4v) is 19.1. The molecule has 370 valence electrons. The second-order valence-corrected chi connectivity index (χ2v) is 25.2. The molecule has 1 unspecified atom stereocenters. The molecular weight excluding hydrogens is 897 g/mol. The van der Waals surface area contributed by atoms with Gasteiger partial charge in [-0.1, -0.05) is 135 Å². The number of hydrogen-bond donors (Lipinski definition) is 4. The Morgan fingerprint density at radius 1 is 0.359 bits per heavy atom. The highest BCUT2D eigenvalue weighted by molar-refractivity contribution is 8.25. The maximum atomic E-state index is 15.0. The van der Waals surface area contributed by atoms with E-state index in [9.17, 15) is 8.42 Å². The summed E-state index contributed by atoms with van der Waals surface area (Å²) in [7, 11) is -21.7. The van der Waals surface area contributed by atoms with Gasteiger partial charge in [0.05, 0.1) is 24.3 Å². The highest BCUT2D eigenvalue weighted by Gasteiger charge is 2.72. The number of rotatable bonds is 46. The molecule has 0 aromatic carbocycles. The SMILES string of the molecule is CCCCCCC(C(S(=O)(=O)NCCCCCCCCC#N)(S(=O)(=O)NCCCCCCCCC#N)S(=O)(=O)NCCCCCCCCC#N)S(=O)(=O)NCCCCCCCCC#N. The van der Waals surface area contributed by atoms with E-state index in [-0.39, 0.29) is 51.9 Å². The van der Waals surface area contributed by atoms with Crippen LogP contribution in [0.15, 0.2) is 0 Å². The van der Waals surface area contributed by atoms with Gasteiger partial charge in [-0.15, -0.1) is 0 Å². The summed E-state index contributed by atoms with van der Waals surface area (Å²) in [5, 5.41) is 32.8. The molecule has 64 heavy (non-hydrogen) atoms. The van der Waals surface area contributed by atoms with Crippen molar-refractivity contribution in [2.45, 2.75) is 227 Å². The van der Waals surface area contributed by atoms with Crippen LogP contribution in [0.1, 0.15) is 219 Å². The van der Waals surface area contributed by atoms with Gasteiger partial charge >= 0.3 is 3.41 Å². The first-order chi connectivity index (χ1) is 30.7. The van der Waals surface area contributed by atoms with E-state index < -0.39 is 55.2 Å². The van der Waals surface area contributed by atoms with Crippen molar-refractivity contribution in [1.29, 1.82) is 21.0 Å². The minimum Gasteiger partial charge on any atom is -0.215 e. The van der Waals surface area contributed by atoms with E-state index in [1.165, 1.54) is 0 Å². The Kier molecular flexibility index (Phi) is 36.3. The predicted octanol–water partition coefficient (Wildman–Crippen LogP) is 8.67. The molecule has 0 spiro atoms. The molecule has 0 aliphatic rings. The molecule has 0 aromatic heterocycles. The van der Waals surface area contributed by atoms with Crippen LogP contribution in [0.5, 0.6) is 0 Å². The number of nitrogens with one attached hydrogen (secondary N) is 4. The van der Waals surface area contributed by atoms with Crippen LogP contribution in [-0.2, 0) is 40.1 Å². The Hall–Kier alpha value is -2.40. The third-order valence-electron chi connectivity index (χ3n) is 11.3. The second kappa shape index (κ2) is 37.7. The van der Waals surface area contributed by atoms with Crippen molar-refractivity contribution in [2.24, 2.45) is 0 Å². The van der Waals surface area contributed by atoms with Gasteiger partial charge in [0.2, 0.25) is 10.0 Å². The highest BCUT2D eigenvalue weighted by atomic mass is 32.3. The summed E-state index contributed by atoms with van der Waals surface area (Å²) in [5.41, 5.74) is 0. The third kappa shape index (κ3) is 24.9. The minimum atomic E-state index is -5.58. The highest BCUT2D eigenvalue weighted by Crippen LogP contribution is 2.40. The molecule has 0 aliphatic carbocycles. The van der Waals surface area contributed by atoms with Crippen molar-refractivity contribution >= 4 is 40.1 Å². The van der Waals surface area contributed by atoms with Gasteiger partial charge in [-0.25, -0.2) is 52.6 Å². The lowest BCUT2D eigenvalue weighted by atomic mass is 10.1. The topological polar surface area (TPSA) is 280 Å². The molecule has 0 amide bonds. The van der Waals surface area contributed by atoms with Crippen LogP contribution < -0.4 is 18.9 Å². The van der Waals surface area contributed by atoms with Gasteiger partial charge in [-0.3, -0.25) is 0 Å². The second-order valence-electron chi connectivity index (χ2n) is 16.7. The first-order valence-corrected chi connectivity index (χ1v) is 30.1. The Morgan fingerprint density at radius 2 is 0.609 bits per heavy atom. The molecule has 4 N–H and O–H groups in total. The lowest BCUT2D eigenvalue weighted by molar-refractivity contribution is 0.489. The predicted molar refractivity (Wildman–Crippen MR) is 255 cm³/mol. The molecule has 0 fully saturated rings. The molecule has 0 aromatic rings. The van der Waals surface area contributed by atoms with Crippen LogP contribution in [0.2, 0.25) is 0 Å². The normalized spacial score (nSPS) is 12.9. The van der Waals surface area contributed by atoms with Gasteiger partial charge in [-0.05, 0) is 57.8 Å². The Bertz CT molecular complexity index is 1690. The molecule has 16 nitrogen and oxygen atoms in total. The van der Waals surface area contributed by atoms with E-state index >= 15 is 25.3 Å². The quantitative estimate of drug-likeness (QED) is 0.0417. The molecule has 0 saturated carbocycles. The van der Waals surface area contributed by atoms with Crippen molar-refractivity contribution in [3.8, 4) is 24.3 Å². The molecule has 1 atom stereocenters.